The normalized spacial score (nSPS) is 22.8. The van der Waals surface area contributed by atoms with Crippen molar-refractivity contribution in [3.63, 3.8) is 0 Å². The summed E-state index contributed by atoms with van der Waals surface area (Å²) in [6, 6.07) is 0.224. The molecule has 1 saturated carbocycles. The number of anilines is 1. The van der Waals surface area contributed by atoms with Crippen LogP contribution < -0.4 is 5.32 Å². The smallest absolute Gasteiger partial charge is 0.307 e. The molecule has 2 N–H and O–H groups in total. The van der Waals surface area contributed by atoms with E-state index in [9.17, 15) is 14.7 Å². The van der Waals surface area contributed by atoms with E-state index in [1.54, 1.807) is 17.1 Å². The van der Waals surface area contributed by atoms with Gasteiger partial charge in [0.15, 0.2) is 0 Å². The van der Waals surface area contributed by atoms with Crippen molar-refractivity contribution in [3.05, 3.63) is 12.4 Å². The maximum Gasteiger partial charge on any atom is 0.307 e. The molecule has 1 aliphatic carbocycles. The Kier molecular flexibility index (Phi) is 4.42. The number of rotatable bonds is 4. The van der Waals surface area contributed by atoms with Gasteiger partial charge in [-0.15, -0.1) is 0 Å². The summed E-state index contributed by atoms with van der Waals surface area (Å²) in [6.07, 6.45) is 6.37. The van der Waals surface area contributed by atoms with E-state index >= 15 is 0 Å². The molecule has 0 saturated heterocycles. The van der Waals surface area contributed by atoms with Crippen molar-refractivity contribution in [3.8, 4) is 0 Å². The van der Waals surface area contributed by atoms with Gasteiger partial charge in [0.1, 0.15) is 0 Å². The zero-order valence-corrected chi connectivity index (χ0v) is 11.9. The molecular formula is C14H21N3O3. The van der Waals surface area contributed by atoms with Crippen LogP contribution in [0.5, 0.6) is 0 Å². The lowest BCUT2D eigenvalue weighted by atomic mass is 9.78. The number of aromatic nitrogens is 2. The van der Waals surface area contributed by atoms with Crippen molar-refractivity contribution in [2.24, 2.45) is 11.8 Å². The van der Waals surface area contributed by atoms with Crippen molar-refractivity contribution in [2.75, 3.05) is 5.32 Å². The summed E-state index contributed by atoms with van der Waals surface area (Å²) in [7, 11) is 0. The molecule has 0 spiro atoms. The second kappa shape index (κ2) is 6.07. The van der Waals surface area contributed by atoms with Crippen LogP contribution in [0.2, 0.25) is 0 Å². The van der Waals surface area contributed by atoms with Gasteiger partial charge < -0.3 is 10.4 Å². The number of hydrogen-bond donors (Lipinski definition) is 2. The Bertz CT molecular complexity index is 496. The fourth-order valence-electron chi connectivity index (χ4n) is 2.66. The molecule has 0 aliphatic heterocycles. The Morgan fingerprint density at radius 1 is 1.35 bits per heavy atom. The summed E-state index contributed by atoms with van der Waals surface area (Å²) in [4.78, 5) is 23.5. The van der Waals surface area contributed by atoms with Crippen molar-refractivity contribution >= 4 is 17.6 Å². The highest BCUT2D eigenvalue weighted by molar-refractivity contribution is 5.95. The molecule has 110 valence electrons. The van der Waals surface area contributed by atoms with Crippen molar-refractivity contribution in [2.45, 2.75) is 45.6 Å². The Labute approximate surface area is 118 Å². The van der Waals surface area contributed by atoms with E-state index in [1.807, 2.05) is 13.8 Å². The first-order valence-corrected chi connectivity index (χ1v) is 7.07. The third-order valence-electron chi connectivity index (χ3n) is 3.82. The molecule has 1 aliphatic rings. The molecule has 1 aromatic rings. The first-order valence-electron chi connectivity index (χ1n) is 7.07. The Morgan fingerprint density at radius 2 is 2.00 bits per heavy atom. The SMILES string of the molecule is CC(C)n1cc(NC(=O)[C@@H]2CCCC[C@@H]2C(=O)O)cn1. The largest absolute Gasteiger partial charge is 0.481 e. The monoisotopic (exact) mass is 279 g/mol. The molecule has 2 atom stereocenters. The molecule has 1 amide bonds. The molecular weight excluding hydrogens is 258 g/mol. The third-order valence-corrected chi connectivity index (χ3v) is 3.82. The van der Waals surface area contributed by atoms with Gasteiger partial charge in [0.25, 0.3) is 0 Å². The van der Waals surface area contributed by atoms with Crippen LogP contribution in [0.1, 0.15) is 45.6 Å². The van der Waals surface area contributed by atoms with Crippen LogP contribution in [0.15, 0.2) is 12.4 Å². The third kappa shape index (κ3) is 3.18. The van der Waals surface area contributed by atoms with E-state index in [1.165, 1.54) is 0 Å². The van der Waals surface area contributed by atoms with Crippen LogP contribution in [0.4, 0.5) is 5.69 Å². The quantitative estimate of drug-likeness (QED) is 0.885. The van der Waals surface area contributed by atoms with Gasteiger partial charge in [-0.2, -0.15) is 5.10 Å². The highest BCUT2D eigenvalue weighted by Gasteiger charge is 2.35. The van der Waals surface area contributed by atoms with Crippen LogP contribution in [0.25, 0.3) is 0 Å². The maximum atomic E-state index is 12.2. The first-order chi connectivity index (χ1) is 9.49. The van der Waals surface area contributed by atoms with E-state index in [0.29, 0.717) is 18.5 Å². The second-order valence-corrected chi connectivity index (χ2v) is 5.63. The standard InChI is InChI=1S/C14H21N3O3/c1-9(2)17-8-10(7-15-17)16-13(18)11-5-3-4-6-12(11)14(19)20/h7-9,11-12H,3-6H2,1-2H3,(H,16,18)(H,19,20)/t11-,12+/m1/s1. The lowest BCUT2D eigenvalue weighted by Gasteiger charge is -2.27. The lowest BCUT2D eigenvalue weighted by molar-refractivity contribution is -0.147. The summed E-state index contributed by atoms with van der Waals surface area (Å²) in [5.41, 5.74) is 0.624. The molecule has 6 heteroatoms. The molecule has 1 aromatic heterocycles. The van der Waals surface area contributed by atoms with Crippen molar-refractivity contribution in [1.29, 1.82) is 0 Å². The van der Waals surface area contributed by atoms with Crippen molar-refractivity contribution < 1.29 is 14.7 Å². The molecule has 1 heterocycles. The number of carboxylic acids is 1. The number of carboxylic acid groups (broad SMARTS) is 1. The van der Waals surface area contributed by atoms with Gasteiger partial charge in [-0.05, 0) is 26.7 Å². The van der Waals surface area contributed by atoms with Gasteiger partial charge in [-0.3, -0.25) is 14.3 Å². The highest BCUT2D eigenvalue weighted by atomic mass is 16.4. The van der Waals surface area contributed by atoms with Crippen LogP contribution in [-0.4, -0.2) is 26.8 Å². The number of nitrogens with one attached hydrogen (secondary N) is 1. The Hall–Kier alpha value is -1.85. The molecule has 20 heavy (non-hydrogen) atoms. The predicted molar refractivity (Wildman–Crippen MR) is 74.3 cm³/mol. The van der Waals surface area contributed by atoms with Gasteiger partial charge in [-0.1, -0.05) is 12.8 Å². The van der Waals surface area contributed by atoms with E-state index in [0.717, 1.165) is 12.8 Å². The average Bonchev–Trinajstić information content (AvgIpc) is 2.87. The number of nitrogens with zero attached hydrogens (tertiary/aromatic N) is 2. The average molecular weight is 279 g/mol. The summed E-state index contributed by atoms with van der Waals surface area (Å²) < 4.78 is 1.76. The maximum absolute atomic E-state index is 12.2. The van der Waals surface area contributed by atoms with Crippen LogP contribution in [0, 0.1) is 11.8 Å². The molecule has 0 radical (unpaired) electrons. The molecule has 0 unspecified atom stereocenters. The first kappa shape index (κ1) is 14.6. The van der Waals surface area contributed by atoms with Crippen LogP contribution in [-0.2, 0) is 9.59 Å². The number of carbonyl (C=O) groups excluding carboxylic acids is 1. The second-order valence-electron chi connectivity index (χ2n) is 5.63. The Balaban J connectivity index is 2.04. The molecule has 1 fully saturated rings. The summed E-state index contributed by atoms with van der Waals surface area (Å²) in [5, 5.41) is 16.1. The minimum atomic E-state index is -0.872. The van der Waals surface area contributed by atoms with Gasteiger partial charge in [0.05, 0.1) is 23.7 Å². The van der Waals surface area contributed by atoms with E-state index in [2.05, 4.69) is 10.4 Å². The van der Waals surface area contributed by atoms with Crippen molar-refractivity contribution in [1.82, 2.24) is 9.78 Å². The fraction of sp³-hybridized carbons (Fsp3) is 0.643. The molecule has 2 rings (SSSR count). The zero-order valence-electron chi connectivity index (χ0n) is 11.9. The number of aliphatic carboxylic acids is 1. The summed E-state index contributed by atoms with van der Waals surface area (Å²) in [5.74, 6) is -2.09. The van der Waals surface area contributed by atoms with Gasteiger partial charge in [0.2, 0.25) is 5.91 Å². The molecule has 6 nitrogen and oxygen atoms in total. The molecule has 0 bridgehead atoms. The van der Waals surface area contributed by atoms with Crippen LogP contribution in [0.3, 0.4) is 0 Å². The van der Waals surface area contributed by atoms with Crippen LogP contribution >= 0.6 is 0 Å². The topological polar surface area (TPSA) is 84.2 Å². The number of carbonyl (C=O) groups is 2. The molecule has 0 aromatic carbocycles. The van der Waals surface area contributed by atoms with E-state index in [4.69, 9.17) is 0 Å². The van der Waals surface area contributed by atoms with Gasteiger partial charge in [-0.25, -0.2) is 0 Å². The summed E-state index contributed by atoms with van der Waals surface area (Å²) in [6.45, 7) is 4.00. The van der Waals surface area contributed by atoms with Gasteiger partial charge in [0, 0.05) is 12.2 Å². The van der Waals surface area contributed by atoms with E-state index < -0.39 is 17.8 Å². The fourth-order valence-corrected chi connectivity index (χ4v) is 2.66. The minimum Gasteiger partial charge on any atom is -0.481 e. The zero-order chi connectivity index (χ0) is 14.7. The van der Waals surface area contributed by atoms with Gasteiger partial charge >= 0.3 is 5.97 Å². The lowest BCUT2D eigenvalue weighted by Crippen LogP contribution is -2.35. The Morgan fingerprint density at radius 3 is 2.55 bits per heavy atom. The number of hydrogen-bond acceptors (Lipinski definition) is 3. The predicted octanol–water partition coefficient (Wildman–Crippen LogP) is 2.29. The minimum absolute atomic E-state index is 0.208. The number of amides is 1. The summed E-state index contributed by atoms with van der Waals surface area (Å²) >= 11 is 0. The highest BCUT2D eigenvalue weighted by Crippen LogP contribution is 2.31. The van der Waals surface area contributed by atoms with E-state index in [-0.39, 0.29) is 11.9 Å².